The molecule has 0 spiro atoms. The molecular weight excluding hydrogens is 232 g/mol. The normalized spacial score (nSPS) is 27.8. The lowest BCUT2D eigenvalue weighted by atomic mass is 10.0. The molecule has 0 aliphatic carbocycles. The largest absolute Gasteiger partial charge is 0.459 e. The van der Waals surface area contributed by atoms with E-state index < -0.39 is 0 Å². The van der Waals surface area contributed by atoms with E-state index in [1.54, 1.807) is 12.1 Å². The molecule has 0 saturated carbocycles. The van der Waals surface area contributed by atoms with Gasteiger partial charge in [-0.25, -0.2) is 9.78 Å². The number of carbonyl (C=O) groups excluding carboxylic acids is 1. The molecular formula is C13H18N2O3. The Hall–Kier alpha value is -1.62. The van der Waals surface area contributed by atoms with E-state index in [1.807, 2.05) is 13.8 Å². The van der Waals surface area contributed by atoms with Crippen molar-refractivity contribution in [3.63, 3.8) is 0 Å². The number of nitrogens with zero attached hydrogens (tertiary/aromatic N) is 1. The Kier molecular flexibility index (Phi) is 3.81. The molecule has 2 unspecified atom stereocenters. The van der Waals surface area contributed by atoms with E-state index in [4.69, 9.17) is 15.2 Å². The lowest BCUT2D eigenvalue weighted by molar-refractivity contribution is -0.0855. The van der Waals surface area contributed by atoms with Gasteiger partial charge in [-0.1, -0.05) is 0 Å². The minimum atomic E-state index is -0.353. The van der Waals surface area contributed by atoms with Crippen LogP contribution >= 0.6 is 0 Å². The number of nitrogen functional groups attached to an aromatic ring is 1. The molecule has 1 aromatic heterocycles. The lowest BCUT2D eigenvalue weighted by Crippen LogP contribution is -2.35. The van der Waals surface area contributed by atoms with Crippen molar-refractivity contribution in [3.8, 4) is 0 Å². The molecule has 2 heterocycles. The molecule has 1 fully saturated rings. The van der Waals surface area contributed by atoms with E-state index in [0.29, 0.717) is 11.4 Å². The first kappa shape index (κ1) is 12.8. The number of esters is 1. The first-order valence-electron chi connectivity index (χ1n) is 6.12. The molecule has 5 heteroatoms. The predicted octanol–water partition coefficient (Wildman–Crippen LogP) is 1.78. The number of rotatable bonds is 2. The monoisotopic (exact) mass is 250 g/mol. The number of ether oxygens (including phenoxy) is 2. The van der Waals surface area contributed by atoms with E-state index in [2.05, 4.69) is 4.98 Å². The van der Waals surface area contributed by atoms with Gasteiger partial charge in [-0.05, 0) is 26.0 Å². The highest BCUT2D eigenvalue weighted by atomic mass is 16.6. The molecule has 0 amide bonds. The van der Waals surface area contributed by atoms with Gasteiger partial charge in [0.05, 0.1) is 17.8 Å². The second-order valence-corrected chi connectivity index (χ2v) is 4.73. The van der Waals surface area contributed by atoms with E-state index in [0.717, 1.165) is 12.8 Å². The summed E-state index contributed by atoms with van der Waals surface area (Å²) in [6.45, 7) is 3.97. The average Bonchev–Trinajstić information content (AvgIpc) is 2.28. The third-order valence-electron chi connectivity index (χ3n) is 2.95. The highest BCUT2D eigenvalue weighted by Crippen LogP contribution is 2.22. The molecule has 2 atom stereocenters. The van der Waals surface area contributed by atoms with Crippen molar-refractivity contribution in [3.05, 3.63) is 23.9 Å². The maximum atomic E-state index is 11.9. The van der Waals surface area contributed by atoms with Crippen molar-refractivity contribution >= 4 is 11.8 Å². The maximum absolute atomic E-state index is 11.9. The van der Waals surface area contributed by atoms with Crippen molar-refractivity contribution in [1.82, 2.24) is 4.98 Å². The second-order valence-electron chi connectivity index (χ2n) is 4.73. The van der Waals surface area contributed by atoms with Gasteiger partial charge < -0.3 is 15.2 Å². The van der Waals surface area contributed by atoms with E-state index in [-0.39, 0.29) is 24.3 Å². The Morgan fingerprint density at radius 2 is 2.06 bits per heavy atom. The van der Waals surface area contributed by atoms with Crippen LogP contribution in [-0.2, 0) is 9.47 Å². The van der Waals surface area contributed by atoms with Crippen molar-refractivity contribution < 1.29 is 14.3 Å². The van der Waals surface area contributed by atoms with Crippen LogP contribution < -0.4 is 5.73 Å². The van der Waals surface area contributed by atoms with Crippen LogP contribution in [0, 0.1) is 0 Å². The highest BCUT2D eigenvalue weighted by Gasteiger charge is 2.27. The first-order valence-corrected chi connectivity index (χ1v) is 6.12. The third-order valence-corrected chi connectivity index (χ3v) is 2.95. The zero-order valence-electron chi connectivity index (χ0n) is 10.6. The van der Waals surface area contributed by atoms with Crippen LogP contribution in [0.3, 0.4) is 0 Å². The molecule has 1 aromatic rings. The van der Waals surface area contributed by atoms with Crippen LogP contribution in [0.5, 0.6) is 0 Å². The molecule has 0 bridgehead atoms. The molecule has 1 aliphatic heterocycles. The molecule has 18 heavy (non-hydrogen) atoms. The van der Waals surface area contributed by atoms with Gasteiger partial charge in [0.15, 0.2) is 0 Å². The van der Waals surface area contributed by atoms with Crippen LogP contribution in [-0.4, -0.2) is 29.3 Å². The van der Waals surface area contributed by atoms with Crippen molar-refractivity contribution in [1.29, 1.82) is 0 Å². The fraction of sp³-hybridized carbons (Fsp3) is 0.538. The van der Waals surface area contributed by atoms with Gasteiger partial charge in [-0.2, -0.15) is 0 Å². The average molecular weight is 250 g/mol. The third kappa shape index (κ3) is 3.20. The number of hydrogen-bond donors (Lipinski definition) is 1. The Bertz CT molecular complexity index is 409. The summed E-state index contributed by atoms with van der Waals surface area (Å²) >= 11 is 0. The van der Waals surface area contributed by atoms with Crippen molar-refractivity contribution in [2.45, 2.75) is 45.0 Å². The summed E-state index contributed by atoms with van der Waals surface area (Å²) in [6.07, 6.45) is 3.06. The van der Waals surface area contributed by atoms with Gasteiger partial charge in [0, 0.05) is 19.0 Å². The van der Waals surface area contributed by atoms with Crippen molar-refractivity contribution in [2.24, 2.45) is 0 Å². The molecule has 1 aliphatic rings. The van der Waals surface area contributed by atoms with E-state index in [9.17, 15) is 4.79 Å². The van der Waals surface area contributed by atoms with Gasteiger partial charge in [0.2, 0.25) is 0 Å². The van der Waals surface area contributed by atoms with Crippen molar-refractivity contribution in [2.75, 3.05) is 5.73 Å². The SMILES string of the molecule is CC1CC(OC(=O)c2ccc(N)nc2)CC(C)O1. The molecule has 2 N–H and O–H groups in total. The van der Waals surface area contributed by atoms with E-state index >= 15 is 0 Å². The first-order chi connectivity index (χ1) is 8.54. The fourth-order valence-corrected chi connectivity index (χ4v) is 2.19. The molecule has 0 aromatic carbocycles. The maximum Gasteiger partial charge on any atom is 0.339 e. The Balaban J connectivity index is 1.96. The summed E-state index contributed by atoms with van der Waals surface area (Å²) in [7, 11) is 0. The Labute approximate surface area is 106 Å². The van der Waals surface area contributed by atoms with Crippen LogP contribution in [0.4, 0.5) is 5.82 Å². The van der Waals surface area contributed by atoms with Crippen LogP contribution in [0.25, 0.3) is 0 Å². The highest BCUT2D eigenvalue weighted by molar-refractivity contribution is 5.89. The Morgan fingerprint density at radius 1 is 1.39 bits per heavy atom. The number of carbonyl (C=O) groups is 1. The quantitative estimate of drug-likeness (QED) is 0.810. The fourth-order valence-electron chi connectivity index (χ4n) is 2.19. The van der Waals surface area contributed by atoms with Gasteiger partial charge in [-0.15, -0.1) is 0 Å². The molecule has 2 rings (SSSR count). The Morgan fingerprint density at radius 3 is 2.61 bits per heavy atom. The second kappa shape index (κ2) is 5.35. The number of hydrogen-bond acceptors (Lipinski definition) is 5. The summed E-state index contributed by atoms with van der Waals surface area (Å²) in [5.41, 5.74) is 5.89. The molecule has 98 valence electrons. The predicted molar refractivity (Wildman–Crippen MR) is 67.1 cm³/mol. The van der Waals surface area contributed by atoms with E-state index in [1.165, 1.54) is 6.20 Å². The number of nitrogens with two attached hydrogens (primary N) is 1. The zero-order chi connectivity index (χ0) is 13.1. The summed E-state index contributed by atoms with van der Waals surface area (Å²) < 4.78 is 11.1. The molecule has 1 saturated heterocycles. The lowest BCUT2D eigenvalue weighted by Gasteiger charge is -2.31. The number of aromatic nitrogens is 1. The minimum Gasteiger partial charge on any atom is -0.459 e. The van der Waals surface area contributed by atoms with Crippen LogP contribution in [0.1, 0.15) is 37.0 Å². The summed E-state index contributed by atoms with van der Waals surface area (Å²) in [5, 5.41) is 0. The van der Waals surface area contributed by atoms with Crippen LogP contribution in [0.15, 0.2) is 18.3 Å². The minimum absolute atomic E-state index is 0.0891. The van der Waals surface area contributed by atoms with Gasteiger partial charge >= 0.3 is 5.97 Å². The topological polar surface area (TPSA) is 74.4 Å². The molecule has 5 nitrogen and oxygen atoms in total. The van der Waals surface area contributed by atoms with Crippen LogP contribution in [0.2, 0.25) is 0 Å². The van der Waals surface area contributed by atoms with Gasteiger partial charge in [-0.3, -0.25) is 0 Å². The summed E-state index contributed by atoms with van der Waals surface area (Å²) in [4.78, 5) is 15.8. The molecule has 0 radical (unpaired) electrons. The zero-order valence-corrected chi connectivity index (χ0v) is 10.6. The van der Waals surface area contributed by atoms with Gasteiger partial charge in [0.25, 0.3) is 0 Å². The number of pyridine rings is 1. The summed E-state index contributed by atoms with van der Waals surface area (Å²) in [5.74, 6) is 0.0358. The smallest absolute Gasteiger partial charge is 0.339 e. The summed E-state index contributed by atoms with van der Waals surface area (Å²) in [6, 6.07) is 3.21. The van der Waals surface area contributed by atoms with Gasteiger partial charge in [0.1, 0.15) is 11.9 Å². The standard InChI is InChI=1S/C13H18N2O3/c1-8-5-11(6-9(2)17-8)18-13(16)10-3-4-12(14)15-7-10/h3-4,7-9,11H,5-6H2,1-2H3,(H2,14,15). The number of anilines is 1.